The van der Waals surface area contributed by atoms with E-state index in [0.717, 1.165) is 36.9 Å². The molecule has 1 amide bonds. The Balaban J connectivity index is 1.43. The van der Waals surface area contributed by atoms with Crippen LogP contribution >= 0.6 is 0 Å². The number of nitrogens with one attached hydrogen (secondary N) is 1. The van der Waals surface area contributed by atoms with E-state index in [1.807, 2.05) is 49.4 Å². The molecular formula is C32H34N4O5. The minimum absolute atomic E-state index is 0.170. The van der Waals surface area contributed by atoms with E-state index in [0.29, 0.717) is 39.5 Å². The van der Waals surface area contributed by atoms with Crippen molar-refractivity contribution in [3.63, 3.8) is 0 Å². The van der Waals surface area contributed by atoms with Gasteiger partial charge in [0.15, 0.2) is 18.1 Å². The van der Waals surface area contributed by atoms with Crippen LogP contribution in [0, 0.1) is 6.92 Å². The highest BCUT2D eigenvalue weighted by molar-refractivity contribution is 5.92. The number of hydrogen-bond donors (Lipinski definition) is 1. The minimum Gasteiger partial charge on any atom is -0.493 e. The zero-order valence-corrected chi connectivity index (χ0v) is 23.6. The number of benzene rings is 3. The molecule has 0 bridgehead atoms. The van der Waals surface area contributed by atoms with Gasteiger partial charge in [0, 0.05) is 17.2 Å². The summed E-state index contributed by atoms with van der Waals surface area (Å²) in [6.45, 7) is 1.68. The number of aromatic nitrogens is 2. The summed E-state index contributed by atoms with van der Waals surface area (Å²) < 4.78 is 18.4. The average molecular weight is 555 g/mol. The van der Waals surface area contributed by atoms with E-state index < -0.39 is 0 Å². The third-order valence-corrected chi connectivity index (χ3v) is 7.32. The Morgan fingerprint density at radius 2 is 1.71 bits per heavy atom. The molecule has 1 aromatic heterocycles. The molecule has 0 atom stereocenters. The predicted octanol–water partition coefficient (Wildman–Crippen LogP) is 5.67. The summed E-state index contributed by atoms with van der Waals surface area (Å²) in [5.41, 5.74) is 2.78. The predicted molar refractivity (Wildman–Crippen MR) is 160 cm³/mol. The molecule has 9 heteroatoms. The molecule has 1 fully saturated rings. The molecular weight excluding hydrogens is 520 g/mol. The van der Waals surface area contributed by atoms with Crippen molar-refractivity contribution in [2.75, 3.05) is 26.1 Å². The number of carbonyl (C=O) groups is 1. The number of fused-ring (bicyclic) bond motifs is 1. The van der Waals surface area contributed by atoms with Gasteiger partial charge in [0.25, 0.3) is 11.5 Å². The number of anilines is 1. The van der Waals surface area contributed by atoms with Crippen molar-refractivity contribution in [1.82, 2.24) is 9.66 Å². The molecule has 4 aromatic rings. The van der Waals surface area contributed by atoms with Gasteiger partial charge in [0.2, 0.25) is 5.75 Å². The van der Waals surface area contributed by atoms with Crippen molar-refractivity contribution in [2.45, 2.75) is 44.9 Å². The first-order valence-electron chi connectivity index (χ1n) is 13.8. The molecule has 9 nitrogen and oxygen atoms in total. The van der Waals surface area contributed by atoms with E-state index in [-0.39, 0.29) is 24.0 Å². The summed E-state index contributed by atoms with van der Waals surface area (Å²) >= 11 is 0. The summed E-state index contributed by atoms with van der Waals surface area (Å²) in [7, 11) is 3.02. The fraction of sp³-hybridized carbons (Fsp3) is 0.312. The highest BCUT2D eigenvalue weighted by Gasteiger charge is 2.22. The van der Waals surface area contributed by atoms with Gasteiger partial charge in [-0.15, -0.1) is 0 Å². The zero-order valence-electron chi connectivity index (χ0n) is 23.6. The maximum atomic E-state index is 13.5. The van der Waals surface area contributed by atoms with Crippen LogP contribution in [0.25, 0.3) is 10.9 Å². The lowest BCUT2D eigenvalue weighted by Crippen LogP contribution is -2.25. The molecule has 0 aliphatic heterocycles. The number of methoxy groups -OCH3 is 2. The second-order valence-corrected chi connectivity index (χ2v) is 10.1. The molecule has 1 saturated carbocycles. The molecule has 1 aliphatic rings. The molecule has 0 unspecified atom stereocenters. The quantitative estimate of drug-likeness (QED) is 0.268. The van der Waals surface area contributed by atoms with Crippen LogP contribution in [0.3, 0.4) is 0 Å². The Bertz CT molecular complexity index is 1610. The van der Waals surface area contributed by atoms with E-state index in [9.17, 15) is 9.59 Å². The topological polar surface area (TPSA) is 104 Å². The van der Waals surface area contributed by atoms with Crippen LogP contribution in [0.4, 0.5) is 5.69 Å². The zero-order chi connectivity index (χ0) is 28.8. The maximum absolute atomic E-state index is 13.5. The monoisotopic (exact) mass is 554 g/mol. The van der Waals surface area contributed by atoms with Crippen LogP contribution in [0.5, 0.6) is 17.2 Å². The third-order valence-electron chi connectivity index (χ3n) is 7.32. The number of nitrogens with zero attached hydrogens (tertiary/aromatic N) is 3. The van der Waals surface area contributed by atoms with E-state index in [2.05, 4.69) is 10.4 Å². The van der Waals surface area contributed by atoms with Crippen LogP contribution in [-0.2, 0) is 4.79 Å². The largest absolute Gasteiger partial charge is 0.493 e. The highest BCUT2D eigenvalue weighted by atomic mass is 16.5. The maximum Gasteiger partial charge on any atom is 0.282 e. The van der Waals surface area contributed by atoms with E-state index in [1.165, 1.54) is 25.3 Å². The summed E-state index contributed by atoms with van der Waals surface area (Å²) in [6, 6.07) is 18.3. The molecule has 3 aromatic carbocycles. The smallest absolute Gasteiger partial charge is 0.282 e. The Labute approximate surface area is 238 Å². The standard InChI is InChI=1S/C32H34N4O5/c1-21-11-7-9-15-25(21)34-29(37)20-41-30-27(39-2)17-22(18-28(30)40-3)19-33-36-31(23-12-5-4-6-13-23)35-26-16-10-8-14-24(26)32(36)38/h7-11,14-19,23H,4-6,12-13,20H2,1-3H3,(H,34,37). The lowest BCUT2D eigenvalue weighted by molar-refractivity contribution is -0.118. The van der Waals surface area contributed by atoms with Gasteiger partial charge >= 0.3 is 0 Å². The molecule has 1 heterocycles. The number of para-hydroxylation sites is 2. The van der Waals surface area contributed by atoms with Crippen molar-refractivity contribution >= 4 is 28.7 Å². The Kier molecular flexibility index (Phi) is 8.62. The number of rotatable bonds is 9. The molecule has 1 aliphatic carbocycles. The number of aryl methyl sites for hydroxylation is 1. The SMILES string of the molecule is COc1cc(C=Nn2c(C3CCCCC3)nc3ccccc3c2=O)cc(OC)c1OCC(=O)Nc1ccccc1C. The van der Waals surface area contributed by atoms with Crippen LogP contribution in [0.1, 0.15) is 55.0 Å². The van der Waals surface area contributed by atoms with Gasteiger partial charge in [0.05, 0.1) is 31.3 Å². The van der Waals surface area contributed by atoms with Crippen molar-refractivity contribution in [3.8, 4) is 17.2 Å². The van der Waals surface area contributed by atoms with E-state index >= 15 is 0 Å². The second-order valence-electron chi connectivity index (χ2n) is 10.1. The molecule has 1 N–H and O–H groups in total. The number of amides is 1. The second kappa shape index (κ2) is 12.7. The number of ether oxygens (including phenoxy) is 3. The summed E-state index contributed by atoms with van der Waals surface area (Å²) in [5.74, 6) is 1.57. The lowest BCUT2D eigenvalue weighted by atomic mass is 9.88. The molecule has 0 saturated heterocycles. The molecule has 0 spiro atoms. The first-order valence-corrected chi connectivity index (χ1v) is 13.8. The first-order chi connectivity index (χ1) is 20.0. The number of carbonyl (C=O) groups excluding carboxylic acids is 1. The van der Waals surface area contributed by atoms with E-state index in [1.54, 1.807) is 24.4 Å². The van der Waals surface area contributed by atoms with Crippen LogP contribution in [0.15, 0.2) is 70.6 Å². The highest BCUT2D eigenvalue weighted by Crippen LogP contribution is 2.38. The fourth-order valence-corrected chi connectivity index (χ4v) is 5.16. The summed E-state index contributed by atoms with van der Waals surface area (Å²) in [4.78, 5) is 31.0. The number of hydrogen-bond acceptors (Lipinski definition) is 7. The van der Waals surface area contributed by atoms with Gasteiger partial charge in [-0.3, -0.25) is 9.59 Å². The molecule has 0 radical (unpaired) electrons. The fourth-order valence-electron chi connectivity index (χ4n) is 5.16. The van der Waals surface area contributed by atoms with Gasteiger partial charge in [-0.1, -0.05) is 49.6 Å². The van der Waals surface area contributed by atoms with Crippen molar-refractivity contribution < 1.29 is 19.0 Å². The van der Waals surface area contributed by atoms with Gasteiger partial charge in [-0.25, -0.2) is 4.98 Å². The molecule has 5 rings (SSSR count). The minimum atomic E-state index is -0.313. The normalized spacial score (nSPS) is 13.8. The molecule has 212 valence electrons. The summed E-state index contributed by atoms with van der Waals surface area (Å²) in [5, 5.41) is 7.98. The Morgan fingerprint density at radius 1 is 1.02 bits per heavy atom. The van der Waals surface area contributed by atoms with Crippen LogP contribution < -0.4 is 25.1 Å². The average Bonchev–Trinajstić information content (AvgIpc) is 3.00. The van der Waals surface area contributed by atoms with Gasteiger partial charge in [0.1, 0.15) is 5.82 Å². The Hall–Kier alpha value is -4.66. The van der Waals surface area contributed by atoms with Gasteiger partial charge in [-0.05, 0) is 55.7 Å². The lowest BCUT2D eigenvalue weighted by Gasteiger charge is -2.22. The van der Waals surface area contributed by atoms with Crippen molar-refractivity contribution in [1.29, 1.82) is 0 Å². The van der Waals surface area contributed by atoms with E-state index in [4.69, 9.17) is 19.2 Å². The Morgan fingerprint density at radius 3 is 2.41 bits per heavy atom. The van der Waals surface area contributed by atoms with Crippen molar-refractivity contribution in [3.05, 3.63) is 88.0 Å². The first kappa shape index (κ1) is 27.9. The third kappa shape index (κ3) is 6.24. The van der Waals surface area contributed by atoms with Gasteiger partial charge in [-0.2, -0.15) is 9.78 Å². The van der Waals surface area contributed by atoms with Crippen LogP contribution in [0.2, 0.25) is 0 Å². The van der Waals surface area contributed by atoms with Crippen LogP contribution in [-0.4, -0.2) is 42.6 Å². The summed E-state index contributed by atoms with van der Waals surface area (Å²) in [6.07, 6.45) is 6.95. The van der Waals surface area contributed by atoms with Gasteiger partial charge < -0.3 is 19.5 Å². The molecule has 41 heavy (non-hydrogen) atoms. The van der Waals surface area contributed by atoms with Crippen molar-refractivity contribution in [2.24, 2.45) is 5.10 Å².